The summed E-state index contributed by atoms with van der Waals surface area (Å²) in [6.45, 7) is 8.01. The molecule has 0 radical (unpaired) electrons. The number of rotatable bonds is 6. The minimum Gasteiger partial charge on any atom is -0.103 e. The first-order valence-corrected chi connectivity index (χ1v) is 4.54. The van der Waals surface area contributed by atoms with Crippen LogP contribution in [0.25, 0.3) is 0 Å². The van der Waals surface area contributed by atoms with Gasteiger partial charge in [-0.1, -0.05) is 24.1 Å². The molecule has 0 aromatic carbocycles. The van der Waals surface area contributed by atoms with Gasteiger partial charge in [-0.3, -0.25) is 0 Å². The molecule has 0 N–H and O–H groups in total. The van der Waals surface area contributed by atoms with Gasteiger partial charge >= 0.3 is 0 Å². The average molecular weight is 152 g/mol. The molecule has 0 aliphatic carbocycles. The smallest absolute Gasteiger partial charge is 0.0323 e. The number of allylic oxidation sites excluding steroid dienone is 3. The highest BCUT2D eigenvalue weighted by Gasteiger charge is 1.88. The van der Waals surface area contributed by atoms with Gasteiger partial charge in [0.25, 0.3) is 0 Å². The van der Waals surface area contributed by atoms with Crippen molar-refractivity contribution in [3.8, 4) is 0 Å². The van der Waals surface area contributed by atoms with Crippen LogP contribution in [0.5, 0.6) is 0 Å². The molecule has 0 bridgehead atoms. The monoisotopic (exact) mass is 152 g/mol. The second-order valence-electron chi connectivity index (χ2n) is 3.02. The van der Waals surface area contributed by atoms with Crippen LogP contribution < -0.4 is 0 Å². The number of unbranched alkanes of at least 4 members (excludes halogenated alkanes) is 3. The van der Waals surface area contributed by atoms with Gasteiger partial charge in [0, 0.05) is 0 Å². The quantitative estimate of drug-likeness (QED) is 0.397. The zero-order chi connectivity index (χ0) is 8.53. The van der Waals surface area contributed by atoms with Crippen LogP contribution >= 0.6 is 0 Å². The molecule has 0 amide bonds. The van der Waals surface area contributed by atoms with Crippen molar-refractivity contribution in [3.63, 3.8) is 0 Å². The first kappa shape index (κ1) is 10.5. The molecule has 11 heavy (non-hydrogen) atoms. The van der Waals surface area contributed by atoms with Gasteiger partial charge in [0.05, 0.1) is 0 Å². The third-order valence-corrected chi connectivity index (χ3v) is 1.97. The summed E-state index contributed by atoms with van der Waals surface area (Å²) >= 11 is 0. The lowest BCUT2D eigenvalue weighted by atomic mass is 10.1. The summed E-state index contributed by atoms with van der Waals surface area (Å²) in [4.78, 5) is 0. The van der Waals surface area contributed by atoms with Gasteiger partial charge in [-0.25, -0.2) is 0 Å². The van der Waals surface area contributed by atoms with E-state index < -0.39 is 0 Å². The fourth-order valence-corrected chi connectivity index (χ4v) is 1.01. The van der Waals surface area contributed by atoms with E-state index in [0.717, 1.165) is 0 Å². The molecule has 0 spiro atoms. The van der Waals surface area contributed by atoms with Crippen LogP contribution in [0.1, 0.15) is 46.0 Å². The van der Waals surface area contributed by atoms with Crippen LogP contribution in [0, 0.1) is 0 Å². The Morgan fingerprint density at radius 3 is 2.55 bits per heavy atom. The zero-order valence-corrected chi connectivity index (χ0v) is 7.90. The minimum atomic E-state index is 1.18. The number of hydrogen-bond donors (Lipinski definition) is 0. The molecule has 0 heteroatoms. The van der Waals surface area contributed by atoms with Crippen LogP contribution in [0.4, 0.5) is 0 Å². The van der Waals surface area contributed by atoms with Crippen molar-refractivity contribution in [1.29, 1.82) is 0 Å². The number of hydrogen-bond acceptors (Lipinski definition) is 0. The molecule has 0 aliphatic rings. The minimum absolute atomic E-state index is 1.18. The molecule has 0 fully saturated rings. The van der Waals surface area contributed by atoms with Crippen LogP contribution in [-0.4, -0.2) is 0 Å². The Balaban J connectivity index is 3.08. The van der Waals surface area contributed by atoms with E-state index in [9.17, 15) is 0 Å². The predicted octanol–water partition coefficient (Wildman–Crippen LogP) is 4.09. The van der Waals surface area contributed by atoms with E-state index in [1.54, 1.807) is 0 Å². The first-order chi connectivity index (χ1) is 5.31. The molecule has 0 saturated carbocycles. The largest absolute Gasteiger partial charge is 0.103 e. The second kappa shape index (κ2) is 7.59. The van der Waals surface area contributed by atoms with E-state index in [0.29, 0.717) is 0 Å². The Hall–Kier alpha value is -0.520. The van der Waals surface area contributed by atoms with Gasteiger partial charge in [-0.05, 0) is 39.5 Å². The van der Waals surface area contributed by atoms with Gasteiger partial charge in [0.15, 0.2) is 0 Å². The van der Waals surface area contributed by atoms with E-state index in [2.05, 4.69) is 26.5 Å². The van der Waals surface area contributed by atoms with E-state index in [4.69, 9.17) is 0 Å². The normalized spacial score (nSPS) is 11.6. The van der Waals surface area contributed by atoms with E-state index in [1.807, 2.05) is 6.08 Å². The van der Waals surface area contributed by atoms with Crippen molar-refractivity contribution in [3.05, 3.63) is 24.3 Å². The Morgan fingerprint density at radius 2 is 2.00 bits per heavy atom. The van der Waals surface area contributed by atoms with Gasteiger partial charge in [-0.15, -0.1) is 6.58 Å². The summed E-state index contributed by atoms with van der Waals surface area (Å²) in [5.74, 6) is 0. The summed E-state index contributed by atoms with van der Waals surface area (Å²) in [5.41, 5.74) is 1.52. The van der Waals surface area contributed by atoms with Gasteiger partial charge in [-0.2, -0.15) is 0 Å². The molecule has 0 heterocycles. The Morgan fingerprint density at radius 1 is 1.27 bits per heavy atom. The molecule has 0 aromatic rings. The summed E-state index contributed by atoms with van der Waals surface area (Å²) in [6, 6.07) is 0. The molecule has 0 saturated heterocycles. The van der Waals surface area contributed by atoms with Crippen molar-refractivity contribution >= 4 is 0 Å². The molecule has 0 nitrogen and oxygen atoms in total. The van der Waals surface area contributed by atoms with Crippen molar-refractivity contribution in [2.45, 2.75) is 46.0 Å². The average Bonchev–Trinajstić information content (AvgIpc) is 2.04. The molecule has 64 valence electrons. The molecular weight excluding hydrogens is 132 g/mol. The lowest BCUT2D eigenvalue weighted by Crippen LogP contribution is -1.78. The summed E-state index contributed by atoms with van der Waals surface area (Å²) in [5, 5.41) is 0. The Kier molecular flexibility index (Phi) is 7.23. The van der Waals surface area contributed by atoms with Crippen LogP contribution in [0.3, 0.4) is 0 Å². The maximum Gasteiger partial charge on any atom is -0.0323 e. The van der Waals surface area contributed by atoms with Crippen molar-refractivity contribution < 1.29 is 0 Å². The maximum atomic E-state index is 3.70. The van der Waals surface area contributed by atoms with Gasteiger partial charge < -0.3 is 0 Å². The topological polar surface area (TPSA) is 0 Å². The third kappa shape index (κ3) is 7.38. The fourth-order valence-electron chi connectivity index (χ4n) is 1.01. The summed E-state index contributed by atoms with van der Waals surface area (Å²) in [6.07, 6.45) is 10.6. The van der Waals surface area contributed by atoms with Gasteiger partial charge in [0.1, 0.15) is 0 Å². The SMILES string of the molecule is C=CCCCCC/C(C)=C/C. The lowest BCUT2D eigenvalue weighted by molar-refractivity contribution is 0.684. The molecular formula is C11H20. The van der Waals surface area contributed by atoms with Crippen molar-refractivity contribution in [2.75, 3.05) is 0 Å². The maximum absolute atomic E-state index is 3.70. The van der Waals surface area contributed by atoms with Crippen molar-refractivity contribution in [1.82, 2.24) is 0 Å². The van der Waals surface area contributed by atoms with Crippen LogP contribution in [-0.2, 0) is 0 Å². The summed E-state index contributed by atoms with van der Waals surface area (Å²) < 4.78 is 0. The zero-order valence-electron chi connectivity index (χ0n) is 7.90. The van der Waals surface area contributed by atoms with Crippen LogP contribution in [0.2, 0.25) is 0 Å². The molecule has 0 aromatic heterocycles. The third-order valence-electron chi connectivity index (χ3n) is 1.97. The van der Waals surface area contributed by atoms with E-state index in [-0.39, 0.29) is 0 Å². The first-order valence-electron chi connectivity index (χ1n) is 4.54. The van der Waals surface area contributed by atoms with Gasteiger partial charge in [0.2, 0.25) is 0 Å². The molecule has 0 atom stereocenters. The lowest BCUT2D eigenvalue weighted by Gasteiger charge is -1.98. The highest BCUT2D eigenvalue weighted by atomic mass is 13.9. The molecule has 0 unspecified atom stereocenters. The van der Waals surface area contributed by atoms with Crippen LogP contribution in [0.15, 0.2) is 24.3 Å². The van der Waals surface area contributed by atoms with E-state index in [1.165, 1.54) is 37.7 Å². The summed E-state index contributed by atoms with van der Waals surface area (Å²) in [7, 11) is 0. The molecule has 0 rings (SSSR count). The van der Waals surface area contributed by atoms with Crippen molar-refractivity contribution in [2.24, 2.45) is 0 Å². The molecule has 0 aliphatic heterocycles. The highest BCUT2D eigenvalue weighted by Crippen LogP contribution is 2.08. The second-order valence-corrected chi connectivity index (χ2v) is 3.02. The Bertz CT molecular complexity index is 120. The predicted molar refractivity (Wildman–Crippen MR) is 52.7 cm³/mol. The Labute approximate surface area is 71.0 Å². The standard InChI is InChI=1S/C11H20/c1-4-6-7-8-9-10-11(3)5-2/h4-5H,1,6-10H2,2-3H3/b11-5+. The highest BCUT2D eigenvalue weighted by molar-refractivity contribution is 4.94. The van der Waals surface area contributed by atoms with E-state index >= 15 is 0 Å². The fraction of sp³-hybridized carbons (Fsp3) is 0.636.